The van der Waals surface area contributed by atoms with E-state index < -0.39 is 0 Å². The maximum atomic E-state index is 8.95. The van der Waals surface area contributed by atoms with Crippen LogP contribution in [0.2, 0.25) is 0 Å². The first-order valence-electron chi connectivity index (χ1n) is 6.16. The number of aromatic nitrogens is 1. The van der Waals surface area contributed by atoms with Crippen LogP contribution in [0.5, 0.6) is 5.75 Å². The Bertz CT molecular complexity index is 596. The first-order chi connectivity index (χ1) is 9.79. The van der Waals surface area contributed by atoms with E-state index in [2.05, 4.69) is 27.0 Å². The third-order valence-corrected chi connectivity index (χ3v) is 4.00. The summed E-state index contributed by atoms with van der Waals surface area (Å²) in [6.45, 7) is 0.599. The fourth-order valence-corrected chi connectivity index (χ4v) is 2.55. The van der Waals surface area contributed by atoms with E-state index in [1.165, 1.54) is 0 Å². The number of hydrogen-bond donors (Lipinski definition) is 0. The number of rotatable bonds is 6. The number of ether oxygens (including phenoxy) is 1. The highest BCUT2D eigenvalue weighted by molar-refractivity contribution is 9.10. The van der Waals surface area contributed by atoms with E-state index >= 15 is 0 Å². The summed E-state index contributed by atoms with van der Waals surface area (Å²) in [4.78, 5) is 4.29. The van der Waals surface area contributed by atoms with Crippen LogP contribution >= 0.6 is 27.7 Å². The zero-order chi connectivity index (χ0) is 14.2. The maximum Gasteiger partial charge on any atom is 0.137 e. The van der Waals surface area contributed by atoms with Crippen molar-refractivity contribution in [2.24, 2.45) is 0 Å². The molecule has 0 fully saturated rings. The Balaban J connectivity index is 1.72. The predicted octanol–water partition coefficient (Wildman–Crippen LogP) is 4.28. The van der Waals surface area contributed by atoms with Crippen LogP contribution in [0.25, 0.3) is 0 Å². The largest absolute Gasteiger partial charge is 0.492 e. The van der Waals surface area contributed by atoms with Gasteiger partial charge in [0.2, 0.25) is 0 Å². The molecule has 0 N–H and O–H groups in total. The minimum atomic E-state index is 0.578. The van der Waals surface area contributed by atoms with E-state index in [1.54, 1.807) is 24.0 Å². The monoisotopic (exact) mass is 348 g/mol. The number of nitriles is 1. The molecule has 1 aromatic heterocycles. The van der Waals surface area contributed by atoms with Gasteiger partial charge >= 0.3 is 0 Å². The molecule has 0 spiro atoms. The van der Waals surface area contributed by atoms with Gasteiger partial charge in [0, 0.05) is 16.4 Å². The predicted molar refractivity (Wildman–Crippen MR) is 83.9 cm³/mol. The Morgan fingerprint density at radius 2 is 2.10 bits per heavy atom. The van der Waals surface area contributed by atoms with E-state index in [0.29, 0.717) is 17.9 Å². The van der Waals surface area contributed by atoms with Crippen LogP contribution in [0, 0.1) is 11.3 Å². The van der Waals surface area contributed by atoms with E-state index in [4.69, 9.17) is 10.00 Å². The summed E-state index contributed by atoms with van der Waals surface area (Å²) < 4.78 is 6.61. The van der Waals surface area contributed by atoms with Crippen molar-refractivity contribution in [2.75, 3.05) is 12.4 Å². The summed E-state index contributed by atoms with van der Waals surface area (Å²) in [6, 6.07) is 13.4. The maximum absolute atomic E-state index is 8.95. The normalized spacial score (nSPS) is 10.0. The first-order valence-corrected chi connectivity index (χ1v) is 7.94. The number of hydrogen-bond acceptors (Lipinski definition) is 4. The smallest absolute Gasteiger partial charge is 0.137 e. The molecule has 0 bridgehead atoms. The highest BCUT2D eigenvalue weighted by Gasteiger charge is 2.01. The summed E-state index contributed by atoms with van der Waals surface area (Å²) in [5.74, 6) is 1.59. The highest BCUT2D eigenvalue weighted by atomic mass is 79.9. The second-order valence-electron chi connectivity index (χ2n) is 3.97. The van der Waals surface area contributed by atoms with Crippen LogP contribution in [0.4, 0.5) is 0 Å². The van der Waals surface area contributed by atoms with E-state index in [9.17, 15) is 0 Å². The van der Waals surface area contributed by atoms with E-state index in [1.807, 2.05) is 30.3 Å². The molecule has 2 rings (SSSR count). The van der Waals surface area contributed by atoms with Crippen molar-refractivity contribution in [3.63, 3.8) is 0 Å². The van der Waals surface area contributed by atoms with E-state index in [-0.39, 0.29) is 0 Å². The summed E-state index contributed by atoms with van der Waals surface area (Å²) in [7, 11) is 0. The van der Waals surface area contributed by atoms with Gasteiger partial charge < -0.3 is 4.74 Å². The molecule has 0 unspecified atom stereocenters. The molecule has 0 atom stereocenters. The third-order valence-electron chi connectivity index (χ3n) is 2.50. The standard InChI is InChI=1S/C15H13BrN2OS/c16-13-6-7-15(18-11-13)20-9-3-8-19-14-5-2-1-4-12(14)10-17/h1-2,4-7,11H,3,8-9H2. The van der Waals surface area contributed by atoms with Crippen LogP contribution in [0.15, 0.2) is 52.1 Å². The molecule has 0 aliphatic heterocycles. The summed E-state index contributed by atoms with van der Waals surface area (Å²) in [5.41, 5.74) is 0.578. The van der Waals surface area contributed by atoms with Crippen molar-refractivity contribution in [1.29, 1.82) is 5.26 Å². The minimum Gasteiger partial charge on any atom is -0.492 e. The second kappa shape index (κ2) is 7.93. The highest BCUT2D eigenvalue weighted by Crippen LogP contribution is 2.19. The number of nitrogens with zero attached hydrogens (tertiary/aromatic N) is 2. The fourth-order valence-electron chi connectivity index (χ4n) is 1.55. The lowest BCUT2D eigenvalue weighted by molar-refractivity contribution is 0.318. The van der Waals surface area contributed by atoms with Gasteiger partial charge in [-0.05, 0) is 46.6 Å². The second-order valence-corrected chi connectivity index (χ2v) is 6.00. The lowest BCUT2D eigenvalue weighted by Crippen LogP contribution is -2.00. The number of benzene rings is 1. The molecule has 0 aliphatic carbocycles. The van der Waals surface area contributed by atoms with Crippen molar-refractivity contribution in [3.05, 3.63) is 52.6 Å². The van der Waals surface area contributed by atoms with Crippen LogP contribution in [-0.4, -0.2) is 17.3 Å². The molecule has 0 amide bonds. The SMILES string of the molecule is N#Cc1ccccc1OCCCSc1ccc(Br)cn1. The van der Waals surface area contributed by atoms with Crippen molar-refractivity contribution in [1.82, 2.24) is 4.98 Å². The molecule has 0 aliphatic rings. The molecule has 102 valence electrons. The summed E-state index contributed by atoms with van der Waals surface area (Å²) in [6.07, 6.45) is 2.70. The quantitative estimate of drug-likeness (QED) is 0.577. The Labute approximate surface area is 131 Å². The fraction of sp³-hybridized carbons (Fsp3) is 0.200. The van der Waals surface area contributed by atoms with Gasteiger partial charge in [-0.3, -0.25) is 0 Å². The van der Waals surface area contributed by atoms with Crippen molar-refractivity contribution >= 4 is 27.7 Å². The molecular weight excluding hydrogens is 336 g/mol. The Hall–Kier alpha value is -1.51. The van der Waals surface area contributed by atoms with Crippen molar-refractivity contribution in [2.45, 2.75) is 11.4 Å². The van der Waals surface area contributed by atoms with Gasteiger partial charge in [-0.25, -0.2) is 4.98 Å². The molecule has 2 aromatic rings. The van der Waals surface area contributed by atoms with Gasteiger partial charge in [0.25, 0.3) is 0 Å². The van der Waals surface area contributed by atoms with Gasteiger partial charge in [0.15, 0.2) is 0 Å². The zero-order valence-electron chi connectivity index (χ0n) is 10.8. The topological polar surface area (TPSA) is 45.9 Å². The molecule has 1 heterocycles. The lowest BCUT2D eigenvalue weighted by Gasteiger charge is -2.07. The zero-order valence-corrected chi connectivity index (χ0v) is 13.2. The summed E-state index contributed by atoms with van der Waals surface area (Å²) in [5, 5.41) is 9.95. The molecule has 3 nitrogen and oxygen atoms in total. The average Bonchev–Trinajstić information content (AvgIpc) is 2.49. The van der Waals surface area contributed by atoms with Crippen LogP contribution < -0.4 is 4.74 Å². The van der Waals surface area contributed by atoms with Crippen LogP contribution in [-0.2, 0) is 0 Å². The number of thioether (sulfide) groups is 1. The summed E-state index contributed by atoms with van der Waals surface area (Å²) >= 11 is 5.06. The third kappa shape index (κ3) is 4.55. The first kappa shape index (κ1) is 14.9. The van der Waals surface area contributed by atoms with E-state index in [0.717, 1.165) is 21.7 Å². The van der Waals surface area contributed by atoms with Crippen LogP contribution in [0.1, 0.15) is 12.0 Å². The van der Waals surface area contributed by atoms with Gasteiger partial charge in [0.1, 0.15) is 11.8 Å². The lowest BCUT2D eigenvalue weighted by atomic mass is 10.2. The Morgan fingerprint density at radius 3 is 2.85 bits per heavy atom. The Morgan fingerprint density at radius 1 is 1.25 bits per heavy atom. The minimum absolute atomic E-state index is 0.578. The molecule has 20 heavy (non-hydrogen) atoms. The molecule has 0 saturated carbocycles. The molecule has 1 aromatic carbocycles. The van der Waals surface area contributed by atoms with Gasteiger partial charge in [-0.1, -0.05) is 12.1 Å². The van der Waals surface area contributed by atoms with Crippen molar-refractivity contribution in [3.8, 4) is 11.8 Å². The van der Waals surface area contributed by atoms with Gasteiger partial charge in [-0.2, -0.15) is 5.26 Å². The van der Waals surface area contributed by atoms with Gasteiger partial charge in [0.05, 0.1) is 17.2 Å². The molecule has 0 saturated heterocycles. The number of pyridine rings is 1. The number of halogens is 1. The Kier molecular flexibility index (Phi) is 5.90. The average molecular weight is 349 g/mol. The molecular formula is C15H13BrN2OS. The molecule has 0 radical (unpaired) electrons. The van der Waals surface area contributed by atoms with Crippen LogP contribution in [0.3, 0.4) is 0 Å². The van der Waals surface area contributed by atoms with Crippen molar-refractivity contribution < 1.29 is 4.74 Å². The number of para-hydroxylation sites is 1. The van der Waals surface area contributed by atoms with Gasteiger partial charge in [-0.15, -0.1) is 11.8 Å². The molecule has 5 heteroatoms.